The lowest BCUT2D eigenvalue weighted by molar-refractivity contribution is 0.627. The Hall–Kier alpha value is -1.55. The molecular weight excluding hydrogens is 187 g/mol. The Balaban J connectivity index is 2.10. The van der Waals surface area contributed by atoms with Crippen LogP contribution >= 0.6 is 0 Å². The summed E-state index contributed by atoms with van der Waals surface area (Å²) in [6.07, 6.45) is 6.97. The molecule has 0 saturated heterocycles. The van der Waals surface area contributed by atoms with Crippen molar-refractivity contribution in [1.82, 2.24) is 0 Å². The number of halogens is 1. The van der Waals surface area contributed by atoms with Gasteiger partial charge in [0.2, 0.25) is 0 Å². The van der Waals surface area contributed by atoms with Gasteiger partial charge in [0.15, 0.2) is 0 Å². The Bertz CT molecular complexity index is 415. The normalized spacial score (nSPS) is 15.1. The van der Waals surface area contributed by atoms with Gasteiger partial charge in [0.25, 0.3) is 0 Å². The molecule has 15 heavy (non-hydrogen) atoms. The summed E-state index contributed by atoms with van der Waals surface area (Å²) in [4.78, 5) is 0. The summed E-state index contributed by atoms with van der Waals surface area (Å²) < 4.78 is 12.6. The van der Waals surface area contributed by atoms with Crippen molar-refractivity contribution in [3.05, 3.63) is 47.3 Å². The Kier molecular flexibility index (Phi) is 3.19. The number of benzene rings is 1. The van der Waals surface area contributed by atoms with E-state index < -0.39 is 0 Å². The molecule has 0 atom stereocenters. The van der Waals surface area contributed by atoms with Crippen molar-refractivity contribution in [2.45, 2.75) is 25.7 Å². The van der Waals surface area contributed by atoms with Gasteiger partial charge in [0, 0.05) is 5.56 Å². The molecule has 0 radical (unpaired) electrons. The summed E-state index contributed by atoms with van der Waals surface area (Å²) in [5.74, 6) is 5.99. The monoisotopic (exact) mass is 200 g/mol. The molecule has 0 unspecified atom stereocenters. The third-order valence-electron chi connectivity index (χ3n) is 2.50. The van der Waals surface area contributed by atoms with Crippen molar-refractivity contribution in [2.75, 3.05) is 0 Å². The number of hydrogen-bond donors (Lipinski definition) is 0. The fourth-order valence-electron chi connectivity index (χ4n) is 1.64. The second-order valence-electron chi connectivity index (χ2n) is 3.73. The van der Waals surface area contributed by atoms with Crippen LogP contribution in [0.4, 0.5) is 4.39 Å². The van der Waals surface area contributed by atoms with Crippen LogP contribution in [0.2, 0.25) is 0 Å². The van der Waals surface area contributed by atoms with E-state index in [9.17, 15) is 4.39 Å². The molecule has 1 aromatic carbocycles. The summed E-state index contributed by atoms with van der Waals surface area (Å²) in [6, 6.07) is 6.32. The van der Waals surface area contributed by atoms with E-state index in [1.54, 1.807) is 12.1 Å². The zero-order chi connectivity index (χ0) is 10.5. The van der Waals surface area contributed by atoms with Gasteiger partial charge in [0.05, 0.1) is 0 Å². The van der Waals surface area contributed by atoms with E-state index in [1.165, 1.54) is 30.5 Å². The van der Waals surface area contributed by atoms with E-state index in [0.29, 0.717) is 0 Å². The van der Waals surface area contributed by atoms with Gasteiger partial charge in [-0.05, 0) is 55.5 Å². The Morgan fingerprint density at radius 2 is 1.80 bits per heavy atom. The Morgan fingerprint density at radius 3 is 2.47 bits per heavy atom. The summed E-state index contributed by atoms with van der Waals surface area (Å²) in [6.45, 7) is 0. The van der Waals surface area contributed by atoms with E-state index in [1.807, 2.05) is 0 Å². The van der Waals surface area contributed by atoms with Crippen LogP contribution in [0.5, 0.6) is 0 Å². The van der Waals surface area contributed by atoms with Crippen LogP contribution in [-0.2, 0) is 0 Å². The van der Waals surface area contributed by atoms with Crippen LogP contribution in [0, 0.1) is 17.7 Å². The van der Waals surface area contributed by atoms with Gasteiger partial charge >= 0.3 is 0 Å². The first kappa shape index (κ1) is 9.98. The highest BCUT2D eigenvalue weighted by atomic mass is 19.1. The second-order valence-corrected chi connectivity index (χ2v) is 3.73. The van der Waals surface area contributed by atoms with Gasteiger partial charge in [-0.3, -0.25) is 0 Å². The lowest BCUT2D eigenvalue weighted by Crippen LogP contribution is -1.88. The zero-order valence-corrected chi connectivity index (χ0v) is 8.59. The van der Waals surface area contributed by atoms with Crippen molar-refractivity contribution in [2.24, 2.45) is 0 Å². The lowest BCUT2D eigenvalue weighted by Gasteiger charge is -2.05. The van der Waals surface area contributed by atoms with E-state index in [4.69, 9.17) is 0 Å². The SMILES string of the molecule is Fc1ccc(C#CC2=CCCCC2)cc1. The first-order chi connectivity index (χ1) is 7.34. The Morgan fingerprint density at radius 1 is 1.00 bits per heavy atom. The summed E-state index contributed by atoms with van der Waals surface area (Å²) in [5.41, 5.74) is 2.11. The van der Waals surface area contributed by atoms with E-state index in [-0.39, 0.29) is 5.82 Å². The molecule has 0 spiro atoms. The fourth-order valence-corrected chi connectivity index (χ4v) is 1.64. The zero-order valence-electron chi connectivity index (χ0n) is 8.59. The minimum atomic E-state index is -0.211. The minimum absolute atomic E-state index is 0.211. The molecule has 0 aliphatic heterocycles. The third-order valence-corrected chi connectivity index (χ3v) is 2.50. The molecule has 0 heterocycles. The Labute approximate surface area is 89.8 Å². The largest absolute Gasteiger partial charge is 0.207 e. The third kappa shape index (κ3) is 2.95. The molecule has 0 aromatic heterocycles. The molecule has 1 aromatic rings. The fraction of sp³-hybridized carbons (Fsp3) is 0.286. The molecular formula is C14H13F. The van der Waals surface area contributed by atoms with Crippen LogP contribution in [0.1, 0.15) is 31.2 Å². The molecule has 76 valence electrons. The van der Waals surface area contributed by atoms with Gasteiger partial charge in [-0.1, -0.05) is 17.9 Å². The molecule has 0 fully saturated rings. The van der Waals surface area contributed by atoms with Crippen LogP contribution in [0.3, 0.4) is 0 Å². The van der Waals surface area contributed by atoms with Crippen LogP contribution in [-0.4, -0.2) is 0 Å². The molecule has 0 nitrogen and oxygen atoms in total. The highest BCUT2D eigenvalue weighted by Crippen LogP contribution is 2.16. The lowest BCUT2D eigenvalue weighted by atomic mass is 10.00. The maximum absolute atomic E-state index is 12.6. The molecule has 1 aliphatic rings. The number of rotatable bonds is 0. The van der Waals surface area contributed by atoms with Crippen molar-refractivity contribution in [3.8, 4) is 11.8 Å². The molecule has 0 amide bonds. The highest BCUT2D eigenvalue weighted by Gasteiger charge is 1.99. The van der Waals surface area contributed by atoms with Crippen LogP contribution in [0.25, 0.3) is 0 Å². The average Bonchev–Trinajstić information content (AvgIpc) is 2.30. The van der Waals surface area contributed by atoms with Gasteiger partial charge in [-0.25, -0.2) is 4.39 Å². The van der Waals surface area contributed by atoms with Gasteiger partial charge < -0.3 is 0 Å². The van der Waals surface area contributed by atoms with E-state index >= 15 is 0 Å². The highest BCUT2D eigenvalue weighted by molar-refractivity contribution is 5.40. The van der Waals surface area contributed by atoms with Crippen molar-refractivity contribution in [1.29, 1.82) is 0 Å². The van der Waals surface area contributed by atoms with Crippen molar-refractivity contribution >= 4 is 0 Å². The molecule has 0 N–H and O–H groups in total. The van der Waals surface area contributed by atoms with Gasteiger partial charge in [-0.2, -0.15) is 0 Å². The van der Waals surface area contributed by atoms with Crippen molar-refractivity contribution < 1.29 is 4.39 Å². The maximum Gasteiger partial charge on any atom is 0.123 e. The van der Waals surface area contributed by atoms with Crippen LogP contribution in [0.15, 0.2) is 35.9 Å². The summed E-state index contributed by atoms with van der Waals surface area (Å²) >= 11 is 0. The van der Waals surface area contributed by atoms with E-state index in [2.05, 4.69) is 17.9 Å². The number of allylic oxidation sites excluding steroid dienone is 2. The smallest absolute Gasteiger partial charge is 0.123 e. The average molecular weight is 200 g/mol. The predicted molar refractivity (Wildman–Crippen MR) is 59.8 cm³/mol. The molecule has 1 aliphatic carbocycles. The summed E-state index contributed by atoms with van der Waals surface area (Å²) in [5, 5.41) is 0. The molecule has 0 bridgehead atoms. The van der Waals surface area contributed by atoms with Gasteiger partial charge in [0.1, 0.15) is 5.82 Å². The second kappa shape index (κ2) is 4.79. The topological polar surface area (TPSA) is 0 Å². The quantitative estimate of drug-likeness (QED) is 0.560. The first-order valence-electron chi connectivity index (χ1n) is 5.31. The summed E-state index contributed by atoms with van der Waals surface area (Å²) in [7, 11) is 0. The number of hydrogen-bond acceptors (Lipinski definition) is 0. The van der Waals surface area contributed by atoms with Crippen LogP contribution < -0.4 is 0 Å². The standard InChI is InChI=1S/C14H13F/c15-14-10-8-13(9-11-14)7-6-12-4-2-1-3-5-12/h4,8-11H,1-3,5H2. The first-order valence-corrected chi connectivity index (χ1v) is 5.31. The molecule has 1 heteroatoms. The molecule has 0 saturated carbocycles. The molecule has 2 rings (SSSR count). The van der Waals surface area contributed by atoms with Crippen molar-refractivity contribution in [3.63, 3.8) is 0 Å². The predicted octanol–water partition coefficient (Wildman–Crippen LogP) is 3.68. The minimum Gasteiger partial charge on any atom is -0.207 e. The maximum atomic E-state index is 12.6. The van der Waals surface area contributed by atoms with E-state index in [0.717, 1.165) is 18.4 Å². The van der Waals surface area contributed by atoms with Gasteiger partial charge in [-0.15, -0.1) is 0 Å².